The average molecular weight is 465 g/mol. The first-order chi connectivity index (χ1) is 15.9. The first-order valence-corrected chi connectivity index (χ1v) is 10.3. The molecule has 0 unspecified atom stereocenters. The van der Waals surface area contributed by atoms with Gasteiger partial charge in [0.15, 0.2) is 22.8 Å². The standard InChI is InChI=1S/C21H19F4N5O3/c22-19(23)13-8-15(20(24)25)30-18(26-13)9-14(27-30)21(31)29-5-3-28(4-6-29)10-12-1-2-16-17(7-12)33-11-32-16/h1-2,7-9,19-20H,3-6,10-11H2. The van der Waals surface area contributed by atoms with Gasteiger partial charge in [-0.05, 0) is 23.8 Å². The quantitative estimate of drug-likeness (QED) is 0.539. The number of alkyl halides is 4. The van der Waals surface area contributed by atoms with Gasteiger partial charge in [-0.15, -0.1) is 0 Å². The number of halogens is 4. The third-order valence-corrected chi connectivity index (χ3v) is 5.64. The van der Waals surface area contributed by atoms with Crippen molar-refractivity contribution in [3.8, 4) is 11.5 Å². The zero-order valence-electron chi connectivity index (χ0n) is 17.3. The Labute approximate surface area is 185 Å². The van der Waals surface area contributed by atoms with Gasteiger partial charge in [-0.1, -0.05) is 6.07 Å². The highest BCUT2D eigenvalue weighted by atomic mass is 19.3. The number of carbonyl (C=O) groups is 1. The van der Waals surface area contributed by atoms with Crippen LogP contribution >= 0.6 is 0 Å². The van der Waals surface area contributed by atoms with E-state index in [0.29, 0.717) is 50.3 Å². The molecule has 1 saturated heterocycles. The van der Waals surface area contributed by atoms with Crippen LogP contribution in [-0.4, -0.2) is 63.3 Å². The van der Waals surface area contributed by atoms with Crippen molar-refractivity contribution < 1.29 is 31.8 Å². The van der Waals surface area contributed by atoms with Crippen LogP contribution in [0, 0.1) is 0 Å². The lowest BCUT2D eigenvalue weighted by molar-refractivity contribution is 0.0621. The largest absolute Gasteiger partial charge is 0.454 e. The molecule has 12 heteroatoms. The van der Waals surface area contributed by atoms with Crippen molar-refractivity contribution in [1.82, 2.24) is 24.4 Å². The van der Waals surface area contributed by atoms with Gasteiger partial charge >= 0.3 is 0 Å². The van der Waals surface area contributed by atoms with E-state index < -0.39 is 30.1 Å². The molecule has 1 aromatic carbocycles. The van der Waals surface area contributed by atoms with E-state index in [9.17, 15) is 22.4 Å². The van der Waals surface area contributed by atoms with Crippen molar-refractivity contribution in [2.75, 3.05) is 33.0 Å². The fraction of sp³-hybridized carbons (Fsp3) is 0.381. The molecule has 0 saturated carbocycles. The number of amides is 1. The highest BCUT2D eigenvalue weighted by Crippen LogP contribution is 2.33. The predicted octanol–water partition coefficient (Wildman–Crippen LogP) is 3.29. The van der Waals surface area contributed by atoms with Crippen LogP contribution in [0.4, 0.5) is 17.6 Å². The molecule has 4 heterocycles. The van der Waals surface area contributed by atoms with Crippen LogP contribution in [0.15, 0.2) is 30.3 Å². The van der Waals surface area contributed by atoms with Crippen LogP contribution in [-0.2, 0) is 6.54 Å². The highest BCUT2D eigenvalue weighted by molar-refractivity contribution is 5.93. The lowest BCUT2D eigenvalue weighted by atomic mass is 10.1. The number of benzene rings is 1. The summed E-state index contributed by atoms with van der Waals surface area (Å²) in [6.07, 6.45) is -6.06. The van der Waals surface area contributed by atoms with Gasteiger partial charge in [0.25, 0.3) is 18.8 Å². The van der Waals surface area contributed by atoms with Crippen molar-refractivity contribution in [2.24, 2.45) is 0 Å². The van der Waals surface area contributed by atoms with Crippen LogP contribution in [0.2, 0.25) is 0 Å². The van der Waals surface area contributed by atoms with Gasteiger partial charge in [-0.25, -0.2) is 27.1 Å². The zero-order chi connectivity index (χ0) is 23.1. The minimum atomic E-state index is -3.05. The third kappa shape index (κ3) is 4.17. The monoisotopic (exact) mass is 465 g/mol. The third-order valence-electron chi connectivity index (χ3n) is 5.64. The summed E-state index contributed by atoms with van der Waals surface area (Å²) in [6, 6.07) is 7.53. The second-order valence-electron chi connectivity index (χ2n) is 7.76. The molecule has 33 heavy (non-hydrogen) atoms. The number of aromatic nitrogens is 3. The maximum Gasteiger partial charge on any atom is 0.280 e. The molecule has 0 N–H and O–H groups in total. The molecule has 2 aromatic heterocycles. The SMILES string of the molecule is O=C(c1cc2nc(C(F)F)cc(C(F)F)n2n1)N1CCN(Cc2ccc3c(c2)OCO3)CC1. The van der Waals surface area contributed by atoms with Crippen molar-refractivity contribution >= 4 is 11.6 Å². The number of fused-ring (bicyclic) bond motifs is 2. The molecule has 1 fully saturated rings. The maximum atomic E-state index is 13.4. The number of piperazine rings is 1. The van der Waals surface area contributed by atoms with Crippen molar-refractivity contribution in [3.63, 3.8) is 0 Å². The molecule has 0 radical (unpaired) electrons. The Balaban J connectivity index is 1.27. The Morgan fingerprint density at radius 2 is 1.73 bits per heavy atom. The van der Waals surface area contributed by atoms with Gasteiger partial charge < -0.3 is 14.4 Å². The number of nitrogens with zero attached hydrogens (tertiary/aromatic N) is 5. The van der Waals surface area contributed by atoms with E-state index in [1.54, 1.807) is 4.90 Å². The zero-order valence-corrected chi connectivity index (χ0v) is 17.3. The Bertz CT molecular complexity index is 1190. The fourth-order valence-electron chi connectivity index (χ4n) is 3.96. The predicted molar refractivity (Wildman–Crippen MR) is 107 cm³/mol. The van der Waals surface area contributed by atoms with Crippen molar-refractivity contribution in [3.05, 3.63) is 53.0 Å². The Morgan fingerprint density at radius 1 is 0.970 bits per heavy atom. The number of carbonyl (C=O) groups excluding carboxylic acids is 1. The van der Waals surface area contributed by atoms with Gasteiger partial charge in [0.1, 0.15) is 11.4 Å². The Kier molecular flexibility index (Phi) is 5.52. The van der Waals surface area contributed by atoms with Gasteiger partial charge in [0.05, 0.1) is 0 Å². The molecule has 2 aliphatic rings. The van der Waals surface area contributed by atoms with Crippen LogP contribution in [0.3, 0.4) is 0 Å². The second-order valence-corrected chi connectivity index (χ2v) is 7.76. The Hall–Kier alpha value is -3.41. The van der Waals surface area contributed by atoms with Crippen LogP contribution in [0.25, 0.3) is 5.65 Å². The molecule has 5 rings (SSSR count). The van der Waals surface area contributed by atoms with Gasteiger partial charge in [-0.2, -0.15) is 5.10 Å². The lowest BCUT2D eigenvalue weighted by Crippen LogP contribution is -2.48. The van der Waals surface area contributed by atoms with Gasteiger partial charge in [-0.3, -0.25) is 9.69 Å². The van der Waals surface area contributed by atoms with Gasteiger partial charge in [0.2, 0.25) is 6.79 Å². The summed E-state index contributed by atoms with van der Waals surface area (Å²) in [5.41, 5.74) is -0.788. The summed E-state index contributed by atoms with van der Waals surface area (Å²) in [5, 5.41) is 3.93. The molecular formula is C21H19F4N5O3. The molecule has 8 nitrogen and oxygen atoms in total. The topological polar surface area (TPSA) is 72.2 Å². The molecule has 0 aliphatic carbocycles. The van der Waals surface area contributed by atoms with Crippen LogP contribution in [0.1, 0.15) is 40.3 Å². The van der Waals surface area contributed by atoms with Gasteiger partial charge in [0, 0.05) is 38.8 Å². The van der Waals surface area contributed by atoms with E-state index >= 15 is 0 Å². The molecule has 0 spiro atoms. The van der Waals surface area contributed by atoms with E-state index in [0.717, 1.165) is 10.1 Å². The average Bonchev–Trinajstić information content (AvgIpc) is 3.44. The first-order valence-electron chi connectivity index (χ1n) is 10.3. The number of hydrogen-bond donors (Lipinski definition) is 0. The van der Waals surface area contributed by atoms with Crippen molar-refractivity contribution in [2.45, 2.75) is 19.4 Å². The number of ether oxygens (including phenoxy) is 2. The van der Waals surface area contributed by atoms with E-state index in [1.165, 1.54) is 6.07 Å². The molecule has 1 amide bonds. The minimum absolute atomic E-state index is 0.111. The number of hydrogen-bond acceptors (Lipinski definition) is 6. The van der Waals surface area contributed by atoms with Crippen LogP contribution < -0.4 is 9.47 Å². The number of rotatable bonds is 5. The molecule has 2 aliphatic heterocycles. The van der Waals surface area contributed by atoms with E-state index in [-0.39, 0.29) is 18.1 Å². The maximum absolute atomic E-state index is 13.4. The summed E-state index contributed by atoms with van der Waals surface area (Å²) in [5.74, 6) is 0.966. The van der Waals surface area contributed by atoms with Crippen molar-refractivity contribution in [1.29, 1.82) is 0 Å². The first kappa shape index (κ1) is 21.4. The van der Waals surface area contributed by atoms with Crippen LogP contribution in [0.5, 0.6) is 11.5 Å². The smallest absolute Gasteiger partial charge is 0.280 e. The molecular weight excluding hydrogens is 446 g/mol. The summed E-state index contributed by atoms with van der Waals surface area (Å²) in [6.45, 7) is 2.90. The summed E-state index contributed by atoms with van der Waals surface area (Å²) in [7, 11) is 0. The minimum Gasteiger partial charge on any atom is -0.454 e. The normalized spacial score (nSPS) is 16.4. The summed E-state index contributed by atoms with van der Waals surface area (Å²) >= 11 is 0. The Morgan fingerprint density at radius 3 is 2.45 bits per heavy atom. The lowest BCUT2D eigenvalue weighted by Gasteiger charge is -2.34. The molecule has 3 aromatic rings. The molecule has 0 atom stereocenters. The van der Waals surface area contributed by atoms with E-state index in [2.05, 4.69) is 15.0 Å². The van der Waals surface area contributed by atoms with E-state index in [1.807, 2.05) is 18.2 Å². The molecule has 174 valence electrons. The fourth-order valence-corrected chi connectivity index (χ4v) is 3.96. The highest BCUT2D eigenvalue weighted by Gasteiger charge is 2.27. The summed E-state index contributed by atoms with van der Waals surface area (Å²) < 4.78 is 64.2. The molecule has 0 bridgehead atoms. The second kappa shape index (κ2) is 8.50. The summed E-state index contributed by atoms with van der Waals surface area (Å²) in [4.78, 5) is 20.3. The van der Waals surface area contributed by atoms with E-state index in [4.69, 9.17) is 9.47 Å².